The fourth-order valence-electron chi connectivity index (χ4n) is 5.57. The van der Waals surface area contributed by atoms with Crippen LogP contribution in [-0.2, 0) is 32.0 Å². The molecule has 0 aliphatic heterocycles. The second-order valence-electron chi connectivity index (χ2n) is 11.3. The van der Waals surface area contributed by atoms with Crippen molar-refractivity contribution in [2.24, 2.45) is 0 Å². The van der Waals surface area contributed by atoms with Gasteiger partial charge >= 0.3 is 11.9 Å². The van der Waals surface area contributed by atoms with Gasteiger partial charge in [-0.1, -0.05) is 25.0 Å². The third-order valence-corrected chi connectivity index (χ3v) is 8.16. The van der Waals surface area contributed by atoms with E-state index in [1.807, 2.05) is 33.8 Å². The molecule has 0 saturated heterocycles. The monoisotopic (exact) mass is 573 g/mol. The number of unbranched alkanes of at least 4 members (excludes halogenated alkanes) is 1. The summed E-state index contributed by atoms with van der Waals surface area (Å²) < 4.78 is 10.9. The second kappa shape index (κ2) is 13.7. The van der Waals surface area contributed by atoms with E-state index in [2.05, 4.69) is 5.32 Å². The number of esters is 2. The van der Waals surface area contributed by atoms with E-state index in [1.54, 1.807) is 0 Å². The zero-order chi connectivity index (χ0) is 30.5. The van der Waals surface area contributed by atoms with Crippen molar-refractivity contribution in [3.05, 3.63) is 39.5 Å². The number of hydrogen-bond donors (Lipinski definition) is 4. The topological polar surface area (TPSA) is 159 Å². The predicted molar refractivity (Wildman–Crippen MR) is 151 cm³/mol. The number of carbonyl (C=O) groups is 4. The highest BCUT2D eigenvalue weighted by Gasteiger charge is 2.50. The van der Waals surface area contributed by atoms with Crippen LogP contribution in [0, 0.1) is 13.8 Å². The SMILES string of the molecule is CCCCNC(=O)[C@]1(O)C[C@@H](O)[C@@H](O)[C@H](OC(=O)CC/C(C)=C/Cc2c(C)c(C)c3c(c2OC(C)=O)C(=O)CC3)C1. The third-order valence-electron chi connectivity index (χ3n) is 8.16. The van der Waals surface area contributed by atoms with Crippen LogP contribution >= 0.6 is 0 Å². The molecule has 2 aliphatic rings. The van der Waals surface area contributed by atoms with Gasteiger partial charge in [-0.2, -0.15) is 0 Å². The minimum atomic E-state index is -1.96. The van der Waals surface area contributed by atoms with Gasteiger partial charge in [0, 0.05) is 44.7 Å². The first kappa shape index (κ1) is 32.4. The number of Topliss-reactive ketones (excluding diaryl/α,β-unsaturated/α-hetero) is 1. The highest BCUT2D eigenvalue weighted by molar-refractivity contribution is 6.04. The molecule has 1 amide bonds. The van der Waals surface area contributed by atoms with Crippen molar-refractivity contribution < 1.29 is 44.0 Å². The van der Waals surface area contributed by atoms with Crippen LogP contribution in [0.2, 0.25) is 0 Å². The van der Waals surface area contributed by atoms with E-state index in [1.165, 1.54) is 6.92 Å². The molecule has 0 unspecified atom stereocenters. The summed E-state index contributed by atoms with van der Waals surface area (Å²) in [6, 6.07) is 0. The van der Waals surface area contributed by atoms with Gasteiger partial charge in [0.25, 0.3) is 5.91 Å². The van der Waals surface area contributed by atoms with Crippen molar-refractivity contribution in [3.8, 4) is 5.75 Å². The lowest BCUT2D eigenvalue weighted by molar-refractivity contribution is -0.190. The number of allylic oxidation sites excluding steroid dienone is 2. The standard InChI is InChI=1S/C31H43NO9/c1-6-7-14-32-30(38)31(39)15-24(35)28(37)25(16-31)41-26(36)13-9-17(2)8-10-22-19(4)18(3)21-11-12-23(34)27(21)29(22)40-20(5)33/h8,24-25,28,35,37,39H,6-7,9-16H2,1-5H3,(H,32,38)/b17-8+/t24-,25-,28-,31+/m1/s1. The van der Waals surface area contributed by atoms with E-state index in [0.29, 0.717) is 43.5 Å². The summed E-state index contributed by atoms with van der Waals surface area (Å²) >= 11 is 0. The molecule has 226 valence electrons. The first-order valence-corrected chi connectivity index (χ1v) is 14.4. The normalized spacial score (nSPS) is 24.1. The number of benzene rings is 1. The van der Waals surface area contributed by atoms with Gasteiger partial charge in [-0.3, -0.25) is 19.2 Å². The number of fused-ring (bicyclic) bond motifs is 1. The summed E-state index contributed by atoms with van der Waals surface area (Å²) in [7, 11) is 0. The van der Waals surface area contributed by atoms with E-state index in [4.69, 9.17) is 9.47 Å². The zero-order valence-corrected chi connectivity index (χ0v) is 24.7. The maximum absolute atomic E-state index is 12.7. The first-order chi connectivity index (χ1) is 19.3. The van der Waals surface area contributed by atoms with Crippen LogP contribution in [-0.4, -0.2) is 69.4 Å². The Labute approximate surface area is 241 Å². The number of hydrogen-bond acceptors (Lipinski definition) is 9. The fourth-order valence-corrected chi connectivity index (χ4v) is 5.57. The summed E-state index contributed by atoms with van der Waals surface area (Å²) in [4.78, 5) is 49.7. The number of aliphatic hydroxyl groups is 3. The second-order valence-corrected chi connectivity index (χ2v) is 11.3. The Kier molecular flexibility index (Phi) is 10.9. The van der Waals surface area contributed by atoms with Crippen LogP contribution in [0.1, 0.15) is 98.3 Å². The first-order valence-electron chi connectivity index (χ1n) is 14.4. The van der Waals surface area contributed by atoms with Gasteiger partial charge in [0.1, 0.15) is 23.6 Å². The maximum Gasteiger partial charge on any atom is 0.308 e. The maximum atomic E-state index is 12.7. The lowest BCUT2D eigenvalue weighted by Crippen LogP contribution is -2.59. The molecule has 0 heterocycles. The van der Waals surface area contributed by atoms with Crippen molar-refractivity contribution in [1.82, 2.24) is 5.32 Å². The summed E-state index contributed by atoms with van der Waals surface area (Å²) in [5.41, 5.74) is 3.03. The molecular formula is C31H43NO9. The summed E-state index contributed by atoms with van der Waals surface area (Å²) in [5.74, 6) is -1.52. The molecule has 1 saturated carbocycles. The minimum Gasteiger partial charge on any atom is -0.459 e. The molecule has 10 nitrogen and oxygen atoms in total. The zero-order valence-electron chi connectivity index (χ0n) is 24.7. The molecule has 3 rings (SSSR count). The molecule has 4 N–H and O–H groups in total. The highest BCUT2D eigenvalue weighted by atomic mass is 16.6. The average molecular weight is 574 g/mol. The molecule has 0 spiro atoms. The van der Waals surface area contributed by atoms with Gasteiger partial charge in [0.15, 0.2) is 5.78 Å². The molecule has 2 aliphatic carbocycles. The van der Waals surface area contributed by atoms with Gasteiger partial charge in [0.05, 0.1) is 11.7 Å². The van der Waals surface area contributed by atoms with E-state index in [9.17, 15) is 34.5 Å². The summed E-state index contributed by atoms with van der Waals surface area (Å²) in [5, 5.41) is 34.1. The number of ether oxygens (including phenoxy) is 2. The molecule has 0 bridgehead atoms. The number of aliphatic hydroxyl groups excluding tert-OH is 2. The van der Waals surface area contributed by atoms with Gasteiger partial charge in [0.2, 0.25) is 0 Å². The van der Waals surface area contributed by atoms with E-state index in [0.717, 1.165) is 40.7 Å². The van der Waals surface area contributed by atoms with Gasteiger partial charge in [-0.05, 0) is 63.1 Å². The molecule has 10 heteroatoms. The number of rotatable bonds is 11. The summed E-state index contributed by atoms with van der Waals surface area (Å²) in [6.07, 6.45) is 0.434. The van der Waals surface area contributed by atoms with Crippen molar-refractivity contribution >= 4 is 23.6 Å². The quantitative estimate of drug-likeness (QED) is 0.135. The van der Waals surface area contributed by atoms with E-state index in [-0.39, 0.29) is 25.0 Å². The molecule has 4 atom stereocenters. The number of nitrogens with one attached hydrogen (secondary N) is 1. The van der Waals surface area contributed by atoms with Gasteiger partial charge < -0.3 is 30.1 Å². The Morgan fingerprint density at radius 3 is 2.44 bits per heavy atom. The van der Waals surface area contributed by atoms with Crippen LogP contribution in [0.15, 0.2) is 11.6 Å². The van der Waals surface area contributed by atoms with Crippen LogP contribution in [0.25, 0.3) is 0 Å². The summed E-state index contributed by atoms with van der Waals surface area (Å²) in [6.45, 7) is 9.39. The lowest BCUT2D eigenvalue weighted by Gasteiger charge is -2.40. The van der Waals surface area contributed by atoms with E-state index >= 15 is 0 Å². The van der Waals surface area contributed by atoms with Gasteiger partial charge in [-0.15, -0.1) is 0 Å². The number of carbonyl (C=O) groups excluding carboxylic acids is 4. The van der Waals surface area contributed by atoms with Crippen LogP contribution in [0.4, 0.5) is 0 Å². The lowest BCUT2D eigenvalue weighted by atomic mass is 9.79. The van der Waals surface area contributed by atoms with Crippen LogP contribution in [0.5, 0.6) is 5.75 Å². The van der Waals surface area contributed by atoms with Crippen LogP contribution < -0.4 is 10.1 Å². The molecule has 0 radical (unpaired) electrons. The molecule has 0 aromatic heterocycles. The minimum absolute atomic E-state index is 0.0275. The van der Waals surface area contributed by atoms with Crippen molar-refractivity contribution in [2.45, 2.75) is 116 Å². The van der Waals surface area contributed by atoms with Gasteiger partial charge in [-0.25, -0.2) is 0 Å². The largest absolute Gasteiger partial charge is 0.459 e. The Hall–Kier alpha value is -3.08. The Morgan fingerprint density at radius 2 is 1.78 bits per heavy atom. The van der Waals surface area contributed by atoms with Crippen molar-refractivity contribution in [2.75, 3.05) is 6.54 Å². The van der Waals surface area contributed by atoms with Crippen LogP contribution in [0.3, 0.4) is 0 Å². The Bertz CT molecular complexity index is 1220. The average Bonchev–Trinajstić information content (AvgIpc) is 3.29. The smallest absolute Gasteiger partial charge is 0.308 e. The Morgan fingerprint density at radius 1 is 1.07 bits per heavy atom. The number of amides is 1. The molecule has 1 aromatic carbocycles. The van der Waals surface area contributed by atoms with E-state index < -0.39 is 41.8 Å². The highest BCUT2D eigenvalue weighted by Crippen LogP contribution is 2.39. The third kappa shape index (κ3) is 7.61. The Balaban J connectivity index is 1.65. The molecule has 41 heavy (non-hydrogen) atoms. The molecule has 1 fully saturated rings. The van der Waals surface area contributed by atoms with Crippen molar-refractivity contribution in [1.29, 1.82) is 0 Å². The predicted octanol–water partition coefficient (Wildman–Crippen LogP) is 2.70. The molecule has 1 aromatic rings. The molecular weight excluding hydrogens is 530 g/mol. The number of ketones is 1. The van der Waals surface area contributed by atoms with Crippen molar-refractivity contribution in [3.63, 3.8) is 0 Å². The fraction of sp³-hybridized carbons (Fsp3) is 0.613.